The summed E-state index contributed by atoms with van der Waals surface area (Å²) >= 11 is 2.73. The molecule has 3 saturated heterocycles. The Bertz CT molecular complexity index is 2450. The number of hydrogen-bond donors (Lipinski definition) is 6. The molecule has 0 radical (unpaired) electrons. The average Bonchev–Trinajstić information content (AvgIpc) is 3.99. The van der Waals surface area contributed by atoms with Crippen LogP contribution in [0.15, 0.2) is 22.2 Å². The molecule has 4 aromatic heterocycles. The molecule has 2 unspecified atom stereocenters. The van der Waals surface area contributed by atoms with Crippen LogP contribution in [0, 0.1) is 11.8 Å². The van der Waals surface area contributed by atoms with E-state index in [1.54, 1.807) is 36.8 Å². The number of anilines is 2. The van der Waals surface area contributed by atoms with Crippen molar-refractivity contribution in [1.82, 2.24) is 39.0 Å². The van der Waals surface area contributed by atoms with Crippen LogP contribution in [0.3, 0.4) is 0 Å². The summed E-state index contributed by atoms with van der Waals surface area (Å²) in [5, 5.41) is 2.18. The molecule has 28 heteroatoms. The number of nitrogens with zero attached hydrogens (tertiary/aromatic N) is 6. The van der Waals surface area contributed by atoms with Gasteiger partial charge in [-0.15, -0.1) is 23.5 Å². The Labute approximate surface area is 407 Å². The zero-order chi connectivity index (χ0) is 50.0. The molecule has 68 heavy (non-hydrogen) atoms. The molecular weight excluding hydrogens is 995 g/mol. The van der Waals surface area contributed by atoms with Gasteiger partial charge in [0.25, 0.3) is 11.1 Å². The van der Waals surface area contributed by atoms with Gasteiger partial charge in [-0.05, 0) is 36.3 Å². The van der Waals surface area contributed by atoms with Crippen LogP contribution in [0.5, 0.6) is 0 Å². The van der Waals surface area contributed by atoms with Gasteiger partial charge in [0.05, 0.1) is 48.6 Å². The lowest BCUT2D eigenvalue weighted by atomic mass is 10.1. The highest BCUT2D eigenvalue weighted by Crippen LogP contribution is 2.57. The van der Waals surface area contributed by atoms with Gasteiger partial charge in [-0.2, -0.15) is 9.97 Å². The van der Waals surface area contributed by atoms with Crippen molar-refractivity contribution in [3.63, 3.8) is 0 Å². The average molecular weight is 1060 g/mol. The zero-order valence-electron chi connectivity index (χ0n) is 40.7. The van der Waals surface area contributed by atoms with Gasteiger partial charge in [0, 0.05) is 11.8 Å². The number of amides is 2. The van der Waals surface area contributed by atoms with Crippen LogP contribution in [0.25, 0.3) is 22.3 Å². The summed E-state index contributed by atoms with van der Waals surface area (Å²) in [5.74, 6) is -1.59. The fourth-order valence-corrected chi connectivity index (χ4v) is 14.9. The van der Waals surface area contributed by atoms with Crippen molar-refractivity contribution in [2.75, 3.05) is 23.8 Å². The Hall–Kier alpha value is -2.69. The number of H-pyrrole nitrogens is 2. The van der Waals surface area contributed by atoms with Gasteiger partial charge in [0.15, 0.2) is 39.0 Å². The maximum absolute atomic E-state index is 13.3. The molecule has 0 aliphatic carbocycles. The van der Waals surface area contributed by atoms with Crippen LogP contribution in [0.4, 0.5) is 11.9 Å². The Kier molecular flexibility index (Phi) is 15.7. The third-order valence-electron chi connectivity index (χ3n) is 13.1. The topological polar surface area (TPSA) is 281 Å². The lowest BCUT2D eigenvalue weighted by Crippen LogP contribution is -2.50. The molecule has 3 aliphatic heterocycles. The number of nitrogens with one attached hydrogen (secondary N) is 4. The van der Waals surface area contributed by atoms with Crippen molar-refractivity contribution in [2.45, 2.75) is 151 Å². The number of thioether (sulfide) groups is 2. The monoisotopic (exact) mass is 1060 g/mol. The second kappa shape index (κ2) is 20.1. The molecule has 4 aromatic rings. The van der Waals surface area contributed by atoms with E-state index >= 15 is 0 Å². The smallest absolute Gasteiger partial charge is 0.330 e. The lowest BCUT2D eigenvalue weighted by Gasteiger charge is -2.42. The third kappa shape index (κ3) is 11.0. The summed E-state index contributed by atoms with van der Waals surface area (Å²) in [6, 6.07) is 0. The largest absolute Gasteiger partial charge is 0.410 e. The van der Waals surface area contributed by atoms with Crippen LogP contribution in [-0.2, 0) is 36.5 Å². The van der Waals surface area contributed by atoms with Gasteiger partial charge in [0.2, 0.25) is 23.7 Å². The Morgan fingerprint density at radius 1 is 0.721 bits per heavy atom. The minimum absolute atomic E-state index is 0.0199. The van der Waals surface area contributed by atoms with Gasteiger partial charge in [-0.1, -0.05) is 69.2 Å². The van der Waals surface area contributed by atoms with E-state index in [1.807, 2.05) is 0 Å². The Morgan fingerprint density at radius 2 is 1.07 bits per heavy atom. The minimum Gasteiger partial charge on any atom is -0.410 e. The number of imidazole rings is 2. The van der Waals surface area contributed by atoms with Crippen molar-refractivity contribution in [3.8, 4) is 0 Å². The predicted molar refractivity (Wildman–Crippen MR) is 268 cm³/mol. The van der Waals surface area contributed by atoms with Gasteiger partial charge in [0.1, 0.15) is 23.0 Å². The van der Waals surface area contributed by atoms with Crippen molar-refractivity contribution in [1.29, 1.82) is 0 Å². The third-order valence-corrected chi connectivity index (χ3v) is 26.7. The standard InChI is InChI=1S/C40H64N10O12P2S2Si2/c1-19(2)31(51)45-37-43-29-23(33(53)47-37)41-17-49(29)35-27-25(61-67(11,12)39(5,6)7)21(65-35)15-57-64(56)60-28-26(62-68(13,14)40(8,9)10)22(16-58-63(55)59-27)66-36(28)50-18-42-24-30(50)44-38(48-34(24)54)46-32(52)20(3)4/h17-22,25-28,35-36,55-56H,15-16H2,1-14H3,(H2,43,45,47,51,53)(H2,44,46,48,52,54)/t21-,22-,25-,26-,27-,28-,35-,36-,63?,64?/m1/s1. The number of carbonyl (C=O) groups excluding carboxylic acids is 2. The molecule has 3 aliphatic rings. The maximum Gasteiger partial charge on any atom is 0.330 e. The Balaban J connectivity index is 1.29. The van der Waals surface area contributed by atoms with E-state index in [-0.39, 0.29) is 81.2 Å². The first-order chi connectivity index (χ1) is 31.6. The maximum atomic E-state index is 13.3. The van der Waals surface area contributed by atoms with Crippen LogP contribution >= 0.6 is 40.7 Å². The van der Waals surface area contributed by atoms with Gasteiger partial charge in [-0.25, -0.2) is 9.97 Å². The first-order valence-corrected chi connectivity index (χ1v) is 32.3. The van der Waals surface area contributed by atoms with Crippen molar-refractivity contribution in [2.24, 2.45) is 11.8 Å². The van der Waals surface area contributed by atoms with Gasteiger partial charge in [-0.3, -0.25) is 48.9 Å². The van der Waals surface area contributed by atoms with E-state index in [4.69, 9.17) is 26.9 Å². The van der Waals surface area contributed by atoms with E-state index in [2.05, 4.69) is 108 Å². The van der Waals surface area contributed by atoms with Gasteiger partial charge >= 0.3 is 17.2 Å². The number of carbonyl (C=O) groups is 2. The summed E-state index contributed by atoms with van der Waals surface area (Å²) < 4.78 is 43.4. The van der Waals surface area contributed by atoms with Crippen molar-refractivity contribution < 1.29 is 46.3 Å². The summed E-state index contributed by atoms with van der Waals surface area (Å²) in [6.07, 6.45) is -0.526. The normalized spacial score (nSPS) is 27.9. The molecule has 4 bridgehead atoms. The number of hydrogen-bond acceptors (Lipinski definition) is 18. The summed E-state index contributed by atoms with van der Waals surface area (Å²) in [6.45, 7) is 27.6. The van der Waals surface area contributed by atoms with E-state index in [1.165, 1.54) is 36.2 Å². The zero-order valence-corrected chi connectivity index (χ0v) is 46.1. The summed E-state index contributed by atoms with van der Waals surface area (Å²) in [7, 11) is -10.6. The number of aromatic amines is 2. The fraction of sp³-hybridized carbons (Fsp3) is 0.700. The van der Waals surface area contributed by atoms with E-state index < -0.39 is 90.6 Å². The molecule has 376 valence electrons. The van der Waals surface area contributed by atoms with Crippen LogP contribution in [0.2, 0.25) is 36.3 Å². The van der Waals surface area contributed by atoms with E-state index in [0.717, 1.165) is 0 Å². The SMILES string of the molecule is CC(C)C(=O)Nc1nc2c(ncn2[C@@H]2S[C@@H]3COP(O)O[C@@H]4[C@H](O[Si](C)(C)C(C)(C)C)[C@@H](COP(O)O[C@@H]2[C@@H]3O[Si](C)(C)C(C)(C)C)S[C@H]4n2cnc3c(=O)[nH]c(NC(=O)C(C)C)nc32)c(=O)[nH]1. The van der Waals surface area contributed by atoms with E-state index in [0.29, 0.717) is 0 Å². The molecule has 2 amide bonds. The lowest BCUT2D eigenvalue weighted by molar-refractivity contribution is -0.119. The van der Waals surface area contributed by atoms with Crippen LogP contribution in [0.1, 0.15) is 80.0 Å². The quantitative estimate of drug-likeness (QED) is 0.0711. The number of aromatic nitrogens is 8. The molecule has 7 rings (SSSR count). The minimum atomic E-state index is -2.66. The molecule has 3 fully saturated rings. The molecule has 10 atom stereocenters. The first kappa shape index (κ1) is 53.1. The first-order valence-electron chi connectivity index (χ1n) is 22.4. The van der Waals surface area contributed by atoms with Crippen LogP contribution < -0.4 is 21.8 Å². The highest BCUT2D eigenvalue weighted by Gasteiger charge is 2.56. The molecule has 7 heterocycles. The molecule has 6 N–H and O–H groups in total. The highest BCUT2D eigenvalue weighted by molar-refractivity contribution is 8.00. The van der Waals surface area contributed by atoms with Crippen molar-refractivity contribution in [3.05, 3.63) is 33.4 Å². The number of rotatable bonds is 10. The summed E-state index contributed by atoms with van der Waals surface area (Å²) in [5.41, 5.74) is -0.784. The molecule has 0 aromatic carbocycles. The molecular formula is C40H64N10O12P2S2Si2. The summed E-state index contributed by atoms with van der Waals surface area (Å²) in [4.78, 5) is 99.2. The molecule has 0 saturated carbocycles. The highest BCUT2D eigenvalue weighted by atomic mass is 32.2. The molecule has 22 nitrogen and oxygen atoms in total. The second-order valence-corrected chi connectivity index (χ2v) is 34.9. The van der Waals surface area contributed by atoms with Gasteiger partial charge < -0.3 is 36.7 Å². The second-order valence-electron chi connectivity index (χ2n) is 20.8. The predicted octanol–water partition coefficient (Wildman–Crippen LogP) is 6.71. The number of fused-ring (bicyclic) bond motifs is 6. The Morgan fingerprint density at radius 3 is 1.40 bits per heavy atom. The fourth-order valence-electron chi connectivity index (χ4n) is 7.08. The van der Waals surface area contributed by atoms with Crippen LogP contribution in [-0.4, -0.2) is 125 Å². The van der Waals surface area contributed by atoms with E-state index in [9.17, 15) is 29.0 Å². The molecule has 0 spiro atoms. The van der Waals surface area contributed by atoms with Crippen molar-refractivity contribution >= 4 is 103 Å².